The number of carboxylic acid groups (broad SMARTS) is 1. The molecular formula is C13H17F2NO2. The molecule has 1 atom stereocenters. The van der Waals surface area contributed by atoms with Gasteiger partial charge in [-0.25, -0.2) is 8.78 Å². The van der Waals surface area contributed by atoms with Gasteiger partial charge in [-0.3, -0.25) is 9.69 Å². The molecule has 1 aromatic rings. The third-order valence-corrected chi connectivity index (χ3v) is 2.91. The van der Waals surface area contributed by atoms with E-state index < -0.39 is 23.6 Å². The number of halogens is 2. The van der Waals surface area contributed by atoms with Crippen molar-refractivity contribution in [3.63, 3.8) is 0 Å². The number of rotatable bonds is 5. The lowest BCUT2D eigenvalue weighted by atomic mass is 10.0. The van der Waals surface area contributed by atoms with E-state index in [1.807, 2.05) is 13.8 Å². The van der Waals surface area contributed by atoms with Crippen molar-refractivity contribution in [1.29, 1.82) is 0 Å². The molecule has 18 heavy (non-hydrogen) atoms. The molecule has 0 saturated heterocycles. The van der Waals surface area contributed by atoms with Crippen LogP contribution >= 0.6 is 0 Å². The van der Waals surface area contributed by atoms with Gasteiger partial charge in [-0.2, -0.15) is 0 Å². The fraction of sp³-hybridized carbons (Fsp3) is 0.462. The van der Waals surface area contributed by atoms with Crippen molar-refractivity contribution in [1.82, 2.24) is 4.90 Å². The van der Waals surface area contributed by atoms with Crippen molar-refractivity contribution in [3.8, 4) is 0 Å². The maximum Gasteiger partial charge on any atom is 0.317 e. The zero-order chi connectivity index (χ0) is 13.9. The van der Waals surface area contributed by atoms with E-state index in [9.17, 15) is 13.6 Å². The first-order chi connectivity index (χ1) is 8.34. The monoisotopic (exact) mass is 257 g/mol. The first kappa shape index (κ1) is 14.6. The van der Waals surface area contributed by atoms with Crippen LogP contribution in [0.25, 0.3) is 0 Å². The fourth-order valence-corrected chi connectivity index (χ4v) is 1.94. The van der Waals surface area contributed by atoms with Gasteiger partial charge < -0.3 is 5.11 Å². The van der Waals surface area contributed by atoms with Crippen molar-refractivity contribution in [2.45, 2.75) is 32.9 Å². The van der Waals surface area contributed by atoms with Gasteiger partial charge in [0, 0.05) is 17.6 Å². The molecule has 3 nitrogen and oxygen atoms in total. The summed E-state index contributed by atoms with van der Waals surface area (Å²) < 4.78 is 26.8. The maximum atomic E-state index is 13.7. The Balaban J connectivity index is 3.05. The summed E-state index contributed by atoms with van der Waals surface area (Å²) >= 11 is 0. The molecule has 5 heteroatoms. The highest BCUT2D eigenvalue weighted by Crippen LogP contribution is 2.25. The molecule has 100 valence electrons. The molecule has 0 aromatic heterocycles. The fourth-order valence-electron chi connectivity index (χ4n) is 1.94. The molecule has 1 unspecified atom stereocenters. The van der Waals surface area contributed by atoms with E-state index in [0.29, 0.717) is 0 Å². The zero-order valence-electron chi connectivity index (χ0n) is 10.7. The van der Waals surface area contributed by atoms with E-state index in [0.717, 1.165) is 6.07 Å². The normalized spacial score (nSPS) is 13.1. The molecular weight excluding hydrogens is 240 g/mol. The minimum absolute atomic E-state index is 0.0845. The number of benzene rings is 1. The lowest BCUT2D eigenvalue weighted by Crippen LogP contribution is -2.38. The largest absolute Gasteiger partial charge is 0.480 e. The second-order valence-electron chi connectivity index (χ2n) is 4.48. The van der Waals surface area contributed by atoms with Gasteiger partial charge in [0.1, 0.15) is 0 Å². The number of hydrogen-bond acceptors (Lipinski definition) is 2. The van der Waals surface area contributed by atoms with Gasteiger partial charge in [0.25, 0.3) is 0 Å². The zero-order valence-corrected chi connectivity index (χ0v) is 10.7. The van der Waals surface area contributed by atoms with Gasteiger partial charge in [0.15, 0.2) is 11.6 Å². The summed E-state index contributed by atoms with van der Waals surface area (Å²) in [5, 5.41) is 8.84. The van der Waals surface area contributed by atoms with Crippen LogP contribution in [0.1, 0.15) is 32.4 Å². The van der Waals surface area contributed by atoms with Gasteiger partial charge in [-0.15, -0.1) is 0 Å². The van der Waals surface area contributed by atoms with Crippen LogP contribution in [0.5, 0.6) is 0 Å². The Kier molecular flexibility index (Phi) is 4.78. The van der Waals surface area contributed by atoms with E-state index in [2.05, 4.69) is 0 Å². The minimum Gasteiger partial charge on any atom is -0.480 e. The summed E-state index contributed by atoms with van der Waals surface area (Å²) in [7, 11) is 0. The summed E-state index contributed by atoms with van der Waals surface area (Å²) in [5.74, 6) is -2.83. The van der Waals surface area contributed by atoms with Crippen LogP contribution in [0.2, 0.25) is 0 Å². The molecule has 0 aliphatic carbocycles. The number of carboxylic acids is 1. The molecule has 1 N–H and O–H groups in total. The van der Waals surface area contributed by atoms with Crippen molar-refractivity contribution >= 4 is 5.97 Å². The van der Waals surface area contributed by atoms with E-state index in [1.165, 1.54) is 12.1 Å². The molecule has 0 bridgehead atoms. The highest BCUT2D eigenvalue weighted by atomic mass is 19.2. The van der Waals surface area contributed by atoms with Crippen LogP contribution < -0.4 is 0 Å². The van der Waals surface area contributed by atoms with Crippen LogP contribution in [0.3, 0.4) is 0 Å². The summed E-state index contributed by atoms with van der Waals surface area (Å²) in [6.07, 6.45) is 0. The average molecular weight is 257 g/mol. The van der Waals surface area contributed by atoms with Crippen molar-refractivity contribution < 1.29 is 18.7 Å². The summed E-state index contributed by atoms with van der Waals surface area (Å²) in [5.41, 5.74) is 0.171. The molecule has 0 spiro atoms. The molecule has 1 aromatic carbocycles. The van der Waals surface area contributed by atoms with Gasteiger partial charge in [0.05, 0.1) is 6.54 Å². The van der Waals surface area contributed by atoms with Crippen LogP contribution in [0, 0.1) is 11.6 Å². The molecule has 0 amide bonds. The van der Waals surface area contributed by atoms with Crippen molar-refractivity contribution in [2.75, 3.05) is 6.54 Å². The Labute approximate surface area is 105 Å². The van der Waals surface area contributed by atoms with Crippen LogP contribution in [0.4, 0.5) is 8.78 Å². The Morgan fingerprint density at radius 2 is 1.94 bits per heavy atom. The topological polar surface area (TPSA) is 40.5 Å². The lowest BCUT2D eigenvalue weighted by molar-refractivity contribution is -0.139. The standard InChI is InChI=1S/C13H17F2NO2/c1-8(2)16(7-12(17)18)9(3)10-5-4-6-11(14)13(10)15/h4-6,8-9H,7H2,1-3H3,(H,17,18). The number of aliphatic carboxylic acids is 1. The maximum absolute atomic E-state index is 13.7. The highest BCUT2D eigenvalue weighted by Gasteiger charge is 2.24. The van der Waals surface area contributed by atoms with E-state index in [1.54, 1.807) is 11.8 Å². The first-order valence-corrected chi connectivity index (χ1v) is 5.76. The summed E-state index contributed by atoms with van der Waals surface area (Å²) in [6, 6.07) is 3.35. The Morgan fingerprint density at radius 3 is 2.44 bits per heavy atom. The third-order valence-electron chi connectivity index (χ3n) is 2.91. The SMILES string of the molecule is CC(C)N(CC(=O)O)C(C)c1cccc(F)c1F. The van der Waals surface area contributed by atoms with E-state index in [4.69, 9.17) is 5.11 Å². The molecule has 0 fully saturated rings. The quantitative estimate of drug-likeness (QED) is 0.881. The predicted molar refractivity (Wildman–Crippen MR) is 64.3 cm³/mol. The van der Waals surface area contributed by atoms with Gasteiger partial charge in [-0.05, 0) is 26.8 Å². The average Bonchev–Trinajstić information content (AvgIpc) is 2.28. The second-order valence-corrected chi connectivity index (χ2v) is 4.48. The lowest BCUT2D eigenvalue weighted by Gasteiger charge is -2.31. The van der Waals surface area contributed by atoms with E-state index >= 15 is 0 Å². The summed E-state index contributed by atoms with van der Waals surface area (Å²) in [6.45, 7) is 5.09. The van der Waals surface area contributed by atoms with Crippen LogP contribution in [-0.4, -0.2) is 28.6 Å². The smallest absolute Gasteiger partial charge is 0.317 e. The van der Waals surface area contributed by atoms with Gasteiger partial charge >= 0.3 is 5.97 Å². The van der Waals surface area contributed by atoms with Crippen molar-refractivity contribution in [2.24, 2.45) is 0 Å². The Hall–Kier alpha value is -1.49. The van der Waals surface area contributed by atoms with Crippen LogP contribution in [0.15, 0.2) is 18.2 Å². The molecule has 0 aliphatic heterocycles. The van der Waals surface area contributed by atoms with Gasteiger partial charge in [0.2, 0.25) is 0 Å². The predicted octanol–water partition coefficient (Wildman–Crippen LogP) is 2.82. The first-order valence-electron chi connectivity index (χ1n) is 5.76. The Bertz CT molecular complexity index is 435. The van der Waals surface area contributed by atoms with Crippen molar-refractivity contribution in [3.05, 3.63) is 35.4 Å². The van der Waals surface area contributed by atoms with E-state index in [-0.39, 0.29) is 18.2 Å². The second kappa shape index (κ2) is 5.91. The molecule has 0 radical (unpaired) electrons. The number of nitrogens with zero attached hydrogens (tertiary/aromatic N) is 1. The minimum atomic E-state index is -0.993. The third kappa shape index (κ3) is 3.26. The molecule has 0 saturated carbocycles. The van der Waals surface area contributed by atoms with Crippen LogP contribution in [-0.2, 0) is 4.79 Å². The Morgan fingerprint density at radius 1 is 1.33 bits per heavy atom. The molecule has 0 aliphatic rings. The van der Waals surface area contributed by atoms with Gasteiger partial charge in [-0.1, -0.05) is 12.1 Å². The molecule has 1 rings (SSSR count). The highest BCUT2D eigenvalue weighted by molar-refractivity contribution is 5.69. The number of carbonyl (C=O) groups is 1. The molecule has 0 heterocycles. The summed E-state index contributed by atoms with van der Waals surface area (Å²) in [4.78, 5) is 12.4. The number of hydrogen-bond donors (Lipinski definition) is 1.